The van der Waals surface area contributed by atoms with E-state index in [4.69, 9.17) is 14.2 Å². The molecule has 142 valence electrons. The van der Waals surface area contributed by atoms with Gasteiger partial charge in [0.25, 0.3) is 0 Å². The quantitative estimate of drug-likeness (QED) is 0.458. The number of hydrogen-bond acceptors (Lipinski definition) is 7. The number of nitrogens with zero attached hydrogens (tertiary/aromatic N) is 1. The third-order valence-electron chi connectivity index (χ3n) is 3.55. The minimum Gasteiger partial charge on any atom is -0.482 e. The largest absolute Gasteiger partial charge is 0.482 e. The van der Waals surface area contributed by atoms with Gasteiger partial charge in [-0.15, -0.1) is 0 Å². The standard InChI is InChI=1S/C21H17NO6/c1-25-21(24)15-5-7-18(8-6-15)28-20(23)14-26-16-9-11-17(12-10-16)27-19-4-2-3-13-22-19/h2-13H,14H2,1H3. The molecule has 0 unspecified atom stereocenters. The summed E-state index contributed by atoms with van der Waals surface area (Å²) in [5.41, 5.74) is 0.367. The number of methoxy groups -OCH3 is 1. The van der Waals surface area contributed by atoms with Crippen molar-refractivity contribution in [3.63, 3.8) is 0 Å². The number of esters is 2. The van der Waals surface area contributed by atoms with E-state index in [0.29, 0.717) is 28.7 Å². The van der Waals surface area contributed by atoms with Crippen molar-refractivity contribution in [1.29, 1.82) is 0 Å². The van der Waals surface area contributed by atoms with E-state index in [1.165, 1.54) is 31.4 Å². The predicted molar refractivity (Wildman–Crippen MR) is 99.7 cm³/mol. The molecule has 3 aromatic rings. The first-order valence-electron chi connectivity index (χ1n) is 8.35. The van der Waals surface area contributed by atoms with E-state index in [1.807, 2.05) is 6.07 Å². The van der Waals surface area contributed by atoms with E-state index in [0.717, 1.165) is 0 Å². The zero-order valence-corrected chi connectivity index (χ0v) is 15.0. The normalized spacial score (nSPS) is 10.0. The number of aromatic nitrogens is 1. The molecule has 0 fully saturated rings. The maximum Gasteiger partial charge on any atom is 0.349 e. The van der Waals surface area contributed by atoms with Crippen LogP contribution in [0.4, 0.5) is 0 Å². The zero-order chi connectivity index (χ0) is 19.8. The van der Waals surface area contributed by atoms with Crippen molar-refractivity contribution in [3.05, 3.63) is 78.5 Å². The predicted octanol–water partition coefficient (Wildman–Crippen LogP) is 3.64. The molecule has 0 aliphatic carbocycles. The molecule has 28 heavy (non-hydrogen) atoms. The molecule has 1 aromatic heterocycles. The number of ether oxygens (including phenoxy) is 4. The highest BCUT2D eigenvalue weighted by Gasteiger charge is 2.09. The van der Waals surface area contributed by atoms with Crippen molar-refractivity contribution in [2.45, 2.75) is 0 Å². The molecule has 0 atom stereocenters. The minimum absolute atomic E-state index is 0.265. The van der Waals surface area contributed by atoms with Crippen LogP contribution in [0.25, 0.3) is 0 Å². The van der Waals surface area contributed by atoms with Gasteiger partial charge in [-0.3, -0.25) is 0 Å². The molecule has 0 amide bonds. The summed E-state index contributed by atoms with van der Waals surface area (Å²) in [7, 11) is 1.30. The highest BCUT2D eigenvalue weighted by atomic mass is 16.6. The smallest absolute Gasteiger partial charge is 0.349 e. The van der Waals surface area contributed by atoms with Crippen LogP contribution in [0.2, 0.25) is 0 Å². The topological polar surface area (TPSA) is 84.0 Å². The number of benzene rings is 2. The first kappa shape index (κ1) is 18.9. The fourth-order valence-electron chi connectivity index (χ4n) is 2.21. The van der Waals surface area contributed by atoms with Crippen LogP contribution in [0, 0.1) is 0 Å². The number of pyridine rings is 1. The average Bonchev–Trinajstić information content (AvgIpc) is 2.74. The Kier molecular flexibility index (Phi) is 6.20. The number of carbonyl (C=O) groups excluding carboxylic acids is 2. The first-order chi connectivity index (χ1) is 13.6. The van der Waals surface area contributed by atoms with Crippen molar-refractivity contribution in [1.82, 2.24) is 4.98 Å². The molecule has 2 aromatic carbocycles. The lowest BCUT2D eigenvalue weighted by Crippen LogP contribution is -2.17. The van der Waals surface area contributed by atoms with Gasteiger partial charge in [0.1, 0.15) is 17.2 Å². The Hall–Kier alpha value is -3.87. The molecule has 0 saturated carbocycles. The van der Waals surface area contributed by atoms with E-state index in [1.54, 1.807) is 42.6 Å². The summed E-state index contributed by atoms with van der Waals surface area (Å²) in [5, 5.41) is 0. The van der Waals surface area contributed by atoms with E-state index in [2.05, 4.69) is 9.72 Å². The Labute approximate surface area is 161 Å². The van der Waals surface area contributed by atoms with Crippen LogP contribution in [-0.2, 0) is 9.53 Å². The molecule has 7 heteroatoms. The van der Waals surface area contributed by atoms with Crippen LogP contribution in [0.3, 0.4) is 0 Å². The van der Waals surface area contributed by atoms with Gasteiger partial charge in [0, 0.05) is 12.3 Å². The molecule has 0 aliphatic heterocycles. The second-order valence-corrected chi connectivity index (χ2v) is 5.52. The van der Waals surface area contributed by atoms with Crippen molar-refractivity contribution >= 4 is 11.9 Å². The molecule has 0 radical (unpaired) electrons. The third kappa shape index (κ3) is 5.31. The summed E-state index contributed by atoms with van der Waals surface area (Å²) in [6.45, 7) is -0.265. The maximum atomic E-state index is 11.9. The first-order valence-corrected chi connectivity index (χ1v) is 8.35. The Bertz CT molecular complexity index is 923. The van der Waals surface area contributed by atoms with E-state index in [-0.39, 0.29) is 6.61 Å². The van der Waals surface area contributed by atoms with Crippen LogP contribution >= 0.6 is 0 Å². The minimum atomic E-state index is -0.570. The lowest BCUT2D eigenvalue weighted by Gasteiger charge is -2.08. The van der Waals surface area contributed by atoms with Crippen molar-refractivity contribution in [2.75, 3.05) is 13.7 Å². The zero-order valence-electron chi connectivity index (χ0n) is 15.0. The third-order valence-corrected chi connectivity index (χ3v) is 3.55. The summed E-state index contributed by atoms with van der Waals surface area (Å²) < 4.78 is 20.8. The van der Waals surface area contributed by atoms with Gasteiger partial charge in [-0.05, 0) is 54.6 Å². The number of carbonyl (C=O) groups is 2. The van der Waals surface area contributed by atoms with Crippen molar-refractivity contribution < 1.29 is 28.5 Å². The van der Waals surface area contributed by atoms with Gasteiger partial charge in [0.2, 0.25) is 5.88 Å². The van der Waals surface area contributed by atoms with E-state index >= 15 is 0 Å². The Balaban J connectivity index is 1.48. The summed E-state index contributed by atoms with van der Waals surface area (Å²) in [6.07, 6.45) is 1.64. The SMILES string of the molecule is COC(=O)c1ccc(OC(=O)COc2ccc(Oc3ccccn3)cc2)cc1. The fraction of sp³-hybridized carbons (Fsp3) is 0.0952. The van der Waals surface area contributed by atoms with Crippen molar-refractivity contribution in [2.24, 2.45) is 0 Å². The van der Waals surface area contributed by atoms with Crippen LogP contribution in [0.5, 0.6) is 23.1 Å². The average molecular weight is 379 g/mol. The van der Waals surface area contributed by atoms with Gasteiger partial charge in [-0.1, -0.05) is 6.07 Å². The number of hydrogen-bond donors (Lipinski definition) is 0. The molecule has 7 nitrogen and oxygen atoms in total. The molecule has 1 heterocycles. The van der Waals surface area contributed by atoms with E-state index < -0.39 is 11.9 Å². The molecule has 3 rings (SSSR count). The van der Waals surface area contributed by atoms with Crippen LogP contribution in [0.1, 0.15) is 10.4 Å². The second-order valence-electron chi connectivity index (χ2n) is 5.52. The van der Waals surface area contributed by atoms with Crippen LogP contribution < -0.4 is 14.2 Å². The lowest BCUT2D eigenvalue weighted by molar-refractivity contribution is -0.136. The maximum absolute atomic E-state index is 11.9. The molecule has 0 saturated heterocycles. The Morgan fingerprint density at radius 3 is 2.18 bits per heavy atom. The van der Waals surface area contributed by atoms with Gasteiger partial charge < -0.3 is 18.9 Å². The highest BCUT2D eigenvalue weighted by molar-refractivity contribution is 5.89. The van der Waals surface area contributed by atoms with Crippen LogP contribution in [-0.4, -0.2) is 30.6 Å². The van der Waals surface area contributed by atoms with E-state index in [9.17, 15) is 9.59 Å². The van der Waals surface area contributed by atoms with Crippen molar-refractivity contribution in [3.8, 4) is 23.1 Å². The lowest BCUT2D eigenvalue weighted by atomic mass is 10.2. The fourth-order valence-corrected chi connectivity index (χ4v) is 2.21. The molecule has 0 aliphatic rings. The molecule has 0 N–H and O–H groups in total. The molecular formula is C21H17NO6. The summed E-state index contributed by atoms with van der Waals surface area (Å²) in [4.78, 5) is 27.3. The Morgan fingerprint density at radius 1 is 0.857 bits per heavy atom. The Morgan fingerprint density at radius 2 is 1.54 bits per heavy atom. The molecule has 0 bridgehead atoms. The van der Waals surface area contributed by atoms with Gasteiger partial charge in [0.05, 0.1) is 12.7 Å². The van der Waals surface area contributed by atoms with Gasteiger partial charge in [0.15, 0.2) is 6.61 Å². The highest BCUT2D eigenvalue weighted by Crippen LogP contribution is 2.22. The second kappa shape index (κ2) is 9.18. The van der Waals surface area contributed by atoms with Gasteiger partial charge in [-0.25, -0.2) is 14.6 Å². The molecular weight excluding hydrogens is 362 g/mol. The summed E-state index contributed by atoms with van der Waals surface area (Å²) >= 11 is 0. The number of rotatable bonds is 7. The molecule has 0 spiro atoms. The monoisotopic (exact) mass is 379 g/mol. The summed E-state index contributed by atoms with van der Waals surface area (Å²) in [5.74, 6) is 0.848. The van der Waals surface area contributed by atoms with Crippen LogP contribution in [0.15, 0.2) is 72.9 Å². The van der Waals surface area contributed by atoms with Gasteiger partial charge in [-0.2, -0.15) is 0 Å². The van der Waals surface area contributed by atoms with Gasteiger partial charge >= 0.3 is 11.9 Å². The summed E-state index contributed by atoms with van der Waals surface area (Å²) in [6, 6.07) is 18.2.